The van der Waals surface area contributed by atoms with E-state index in [1.807, 2.05) is 38.1 Å². The molecule has 1 heterocycles. The van der Waals surface area contributed by atoms with Crippen molar-refractivity contribution < 1.29 is 9.53 Å². The van der Waals surface area contributed by atoms with E-state index in [0.717, 1.165) is 31.4 Å². The summed E-state index contributed by atoms with van der Waals surface area (Å²) < 4.78 is 7.03. The topological polar surface area (TPSA) is 73.1 Å². The molecule has 1 aliphatic rings. The highest BCUT2D eigenvalue weighted by Gasteiger charge is 2.46. The normalized spacial score (nSPS) is 22.8. The number of hydrogen-bond donors (Lipinski definition) is 0. The zero-order valence-corrected chi connectivity index (χ0v) is 16.0. The Bertz CT molecular complexity index is 748. The molecule has 1 aliphatic carbocycles. The van der Waals surface area contributed by atoms with Gasteiger partial charge < -0.3 is 4.74 Å². The molecule has 0 spiro atoms. The van der Waals surface area contributed by atoms with Crippen LogP contribution in [0.3, 0.4) is 0 Å². The molecule has 7 heteroatoms. The highest BCUT2D eigenvalue weighted by molar-refractivity contribution is 5.68. The van der Waals surface area contributed by atoms with Crippen LogP contribution < -0.4 is 0 Å². The van der Waals surface area contributed by atoms with Crippen LogP contribution in [0.5, 0.6) is 0 Å². The summed E-state index contributed by atoms with van der Waals surface area (Å²) in [6.07, 6.45) is 3.33. The maximum absolute atomic E-state index is 12.5. The average Bonchev–Trinajstić information content (AvgIpc) is 3.13. The first-order valence-electron chi connectivity index (χ1n) is 9.24. The van der Waals surface area contributed by atoms with Crippen molar-refractivity contribution in [3.05, 3.63) is 35.7 Å². The van der Waals surface area contributed by atoms with Crippen molar-refractivity contribution in [3.8, 4) is 5.69 Å². The maximum Gasteiger partial charge on any atom is 0.410 e. The predicted molar refractivity (Wildman–Crippen MR) is 98.0 cm³/mol. The smallest absolute Gasteiger partial charge is 0.410 e. The quantitative estimate of drug-likeness (QED) is 0.838. The number of ether oxygens (including phenoxy) is 1. The van der Waals surface area contributed by atoms with Crippen LogP contribution in [0.15, 0.2) is 24.3 Å². The minimum atomic E-state index is -0.562. The van der Waals surface area contributed by atoms with Gasteiger partial charge in [-0.25, -0.2) is 4.79 Å². The minimum absolute atomic E-state index is 0.333. The number of aromatic nitrogens is 4. The molecule has 0 atom stereocenters. The van der Waals surface area contributed by atoms with E-state index in [4.69, 9.17) is 4.74 Å². The molecule has 3 rings (SSSR count). The number of hydrogen-bond acceptors (Lipinski definition) is 5. The lowest BCUT2D eigenvalue weighted by atomic mass is 9.75. The molecule has 0 aliphatic heterocycles. The lowest BCUT2D eigenvalue weighted by molar-refractivity contribution is 0.0311. The van der Waals surface area contributed by atoms with Crippen LogP contribution in [0, 0.1) is 12.8 Å². The van der Waals surface area contributed by atoms with Crippen LogP contribution in [0.25, 0.3) is 5.69 Å². The number of benzene rings is 1. The maximum atomic E-state index is 12.5. The third-order valence-electron chi connectivity index (χ3n) is 5.45. The van der Waals surface area contributed by atoms with E-state index in [-0.39, 0.29) is 6.09 Å². The van der Waals surface area contributed by atoms with Crippen LogP contribution in [0.2, 0.25) is 0 Å². The summed E-state index contributed by atoms with van der Waals surface area (Å²) in [5.41, 5.74) is 1.51. The molecule has 1 amide bonds. The van der Waals surface area contributed by atoms with Crippen molar-refractivity contribution in [2.75, 3.05) is 13.7 Å². The third-order valence-corrected chi connectivity index (χ3v) is 5.45. The van der Waals surface area contributed by atoms with Gasteiger partial charge in [0.1, 0.15) is 5.54 Å². The predicted octanol–water partition coefficient (Wildman–Crippen LogP) is 3.46. The number of carbonyl (C=O) groups excluding carboxylic acids is 1. The molecule has 1 saturated carbocycles. The molecule has 0 saturated heterocycles. The number of rotatable bonds is 4. The first-order chi connectivity index (χ1) is 12.5. The highest BCUT2D eigenvalue weighted by Crippen LogP contribution is 2.43. The highest BCUT2D eigenvalue weighted by atomic mass is 16.6. The van der Waals surface area contributed by atoms with Gasteiger partial charge in [-0.1, -0.05) is 24.6 Å². The first-order valence-corrected chi connectivity index (χ1v) is 9.24. The summed E-state index contributed by atoms with van der Waals surface area (Å²) in [4.78, 5) is 14.2. The summed E-state index contributed by atoms with van der Waals surface area (Å²) in [6.45, 7) is 6.45. The molecule has 0 unspecified atom stereocenters. The Labute approximate surface area is 154 Å². The van der Waals surface area contributed by atoms with Crippen LogP contribution in [-0.2, 0) is 10.3 Å². The first kappa shape index (κ1) is 18.4. The number of nitrogens with zero attached hydrogens (tertiary/aromatic N) is 5. The molecular formula is C19H27N5O2. The van der Waals surface area contributed by atoms with Gasteiger partial charge >= 0.3 is 6.09 Å². The standard InChI is InChI=1S/C19H27N5O2/c1-5-26-18(25)23(4)19(12-10-15(3)11-13-19)17-20-21-22-24(17)16-8-6-14(2)7-9-16/h6-9,15H,5,10-13H2,1-4H3. The minimum Gasteiger partial charge on any atom is -0.450 e. The zero-order valence-electron chi connectivity index (χ0n) is 16.0. The fourth-order valence-corrected chi connectivity index (χ4v) is 3.68. The van der Waals surface area contributed by atoms with Crippen LogP contribution >= 0.6 is 0 Å². The van der Waals surface area contributed by atoms with Crippen LogP contribution in [-0.4, -0.2) is 44.9 Å². The van der Waals surface area contributed by atoms with Gasteiger partial charge in [0.2, 0.25) is 0 Å². The van der Waals surface area contributed by atoms with E-state index in [2.05, 4.69) is 22.4 Å². The second kappa shape index (κ2) is 7.43. The summed E-state index contributed by atoms with van der Waals surface area (Å²) in [7, 11) is 1.79. The van der Waals surface area contributed by atoms with E-state index in [9.17, 15) is 4.79 Å². The van der Waals surface area contributed by atoms with Gasteiger partial charge in [-0.2, -0.15) is 4.68 Å². The number of tetrazole rings is 1. The number of carbonyl (C=O) groups is 1. The fourth-order valence-electron chi connectivity index (χ4n) is 3.68. The third kappa shape index (κ3) is 3.30. The van der Waals surface area contributed by atoms with Crippen molar-refractivity contribution >= 4 is 6.09 Å². The number of amides is 1. The lowest BCUT2D eigenvalue weighted by Gasteiger charge is -2.44. The Morgan fingerprint density at radius 1 is 1.31 bits per heavy atom. The van der Waals surface area contributed by atoms with Gasteiger partial charge in [-0.3, -0.25) is 4.90 Å². The van der Waals surface area contributed by atoms with Gasteiger partial charge in [0, 0.05) is 7.05 Å². The monoisotopic (exact) mass is 357 g/mol. The van der Waals surface area contributed by atoms with E-state index in [1.54, 1.807) is 16.6 Å². The SMILES string of the molecule is CCOC(=O)N(C)C1(c2nnnn2-c2ccc(C)cc2)CCC(C)CC1. The summed E-state index contributed by atoms with van der Waals surface area (Å²) in [6, 6.07) is 8.06. The van der Waals surface area contributed by atoms with Crippen LogP contribution in [0.4, 0.5) is 4.79 Å². The lowest BCUT2D eigenvalue weighted by Crippen LogP contribution is -2.51. The second-order valence-electron chi connectivity index (χ2n) is 7.22. The molecule has 140 valence electrons. The van der Waals surface area contributed by atoms with Crippen LogP contribution in [0.1, 0.15) is 50.9 Å². The van der Waals surface area contributed by atoms with Gasteiger partial charge in [-0.05, 0) is 68.0 Å². The molecule has 1 aromatic heterocycles. The van der Waals surface area contributed by atoms with E-state index in [0.29, 0.717) is 18.3 Å². The zero-order chi connectivity index (χ0) is 18.7. The second-order valence-corrected chi connectivity index (χ2v) is 7.22. The molecule has 0 radical (unpaired) electrons. The van der Waals surface area contributed by atoms with Gasteiger partial charge in [0.05, 0.1) is 12.3 Å². The van der Waals surface area contributed by atoms with Crippen molar-refractivity contribution in [2.45, 2.75) is 52.0 Å². The van der Waals surface area contributed by atoms with Gasteiger partial charge in [-0.15, -0.1) is 5.10 Å². The number of aryl methyl sites for hydroxylation is 1. The van der Waals surface area contributed by atoms with Gasteiger partial charge in [0.15, 0.2) is 5.82 Å². The average molecular weight is 357 g/mol. The van der Waals surface area contributed by atoms with E-state index in [1.165, 1.54) is 5.56 Å². The Kier molecular flexibility index (Phi) is 5.25. The molecular weight excluding hydrogens is 330 g/mol. The molecule has 26 heavy (non-hydrogen) atoms. The fraction of sp³-hybridized carbons (Fsp3) is 0.579. The summed E-state index contributed by atoms with van der Waals surface area (Å²) >= 11 is 0. The Hall–Kier alpha value is -2.44. The Balaban J connectivity index is 2.05. The van der Waals surface area contributed by atoms with E-state index >= 15 is 0 Å². The molecule has 0 N–H and O–H groups in total. The summed E-state index contributed by atoms with van der Waals surface area (Å²) in [5, 5.41) is 12.5. The van der Waals surface area contributed by atoms with Gasteiger partial charge in [0.25, 0.3) is 0 Å². The Morgan fingerprint density at radius 3 is 2.58 bits per heavy atom. The molecule has 0 bridgehead atoms. The van der Waals surface area contributed by atoms with Crippen molar-refractivity contribution in [1.82, 2.24) is 25.1 Å². The van der Waals surface area contributed by atoms with Crippen molar-refractivity contribution in [1.29, 1.82) is 0 Å². The molecule has 7 nitrogen and oxygen atoms in total. The summed E-state index contributed by atoms with van der Waals surface area (Å²) in [5.74, 6) is 1.33. The van der Waals surface area contributed by atoms with E-state index < -0.39 is 5.54 Å². The van der Waals surface area contributed by atoms with Crippen molar-refractivity contribution in [2.24, 2.45) is 5.92 Å². The van der Waals surface area contributed by atoms with Crippen molar-refractivity contribution in [3.63, 3.8) is 0 Å². The largest absolute Gasteiger partial charge is 0.450 e. The molecule has 1 fully saturated rings. The molecule has 2 aromatic rings. The molecule has 1 aromatic carbocycles. The Morgan fingerprint density at radius 2 is 1.96 bits per heavy atom.